The number of sulfonamides is 1. The van der Waals surface area contributed by atoms with E-state index in [2.05, 4.69) is 20.7 Å². The molecule has 1 N–H and O–H groups in total. The zero-order chi connectivity index (χ0) is 20.3. The van der Waals surface area contributed by atoms with Gasteiger partial charge in [-0.15, -0.1) is 10.2 Å². The normalized spacial score (nSPS) is 11.6. The minimum Gasteiger partial charge on any atom is -0.323 e. The predicted octanol–water partition coefficient (Wildman–Crippen LogP) is 1.88. The van der Waals surface area contributed by atoms with Crippen LogP contribution in [0.2, 0.25) is 5.02 Å². The summed E-state index contributed by atoms with van der Waals surface area (Å²) in [5.74, 6) is -0.0798. The molecule has 0 fully saturated rings. The summed E-state index contributed by atoms with van der Waals surface area (Å²) in [5, 5.41) is 14.7. The van der Waals surface area contributed by atoms with Crippen LogP contribution in [-0.4, -0.2) is 52.9 Å². The SMILES string of the molecule is CN(C)S(=O)(=O)c1ccc(Cl)c(NC(=O)Cn2nnc(-c3ccccc3)n2)c1. The van der Waals surface area contributed by atoms with Crippen molar-refractivity contribution in [3.8, 4) is 11.4 Å². The molecular formula is C17H17ClN6O3S. The van der Waals surface area contributed by atoms with Crippen molar-refractivity contribution < 1.29 is 13.2 Å². The first-order valence-corrected chi connectivity index (χ1v) is 9.94. The van der Waals surface area contributed by atoms with E-state index in [9.17, 15) is 13.2 Å². The number of aromatic nitrogens is 4. The molecule has 0 saturated heterocycles. The Morgan fingerprint density at radius 1 is 1.18 bits per heavy atom. The Hall–Kier alpha value is -2.82. The topological polar surface area (TPSA) is 110 Å². The first kappa shape index (κ1) is 19.9. The highest BCUT2D eigenvalue weighted by Gasteiger charge is 2.19. The van der Waals surface area contributed by atoms with Crippen molar-refractivity contribution in [3.63, 3.8) is 0 Å². The standard InChI is InChI=1S/C17H17ClN6O3S/c1-23(2)28(26,27)13-8-9-14(18)15(10-13)19-16(25)11-24-21-17(20-22-24)12-6-4-3-5-7-12/h3-10H,11H2,1-2H3,(H,19,25). The molecule has 0 aliphatic carbocycles. The number of carbonyl (C=O) groups excluding carboxylic acids is 1. The molecule has 0 aliphatic rings. The fourth-order valence-electron chi connectivity index (χ4n) is 2.30. The number of carbonyl (C=O) groups is 1. The van der Waals surface area contributed by atoms with Crippen LogP contribution in [0.15, 0.2) is 53.4 Å². The number of tetrazole rings is 1. The van der Waals surface area contributed by atoms with Gasteiger partial charge in [0, 0.05) is 19.7 Å². The molecule has 1 amide bonds. The lowest BCUT2D eigenvalue weighted by molar-refractivity contribution is -0.117. The number of hydrogen-bond acceptors (Lipinski definition) is 6. The summed E-state index contributed by atoms with van der Waals surface area (Å²) in [7, 11) is -0.816. The van der Waals surface area contributed by atoms with Crippen LogP contribution in [0.4, 0.5) is 5.69 Å². The third-order valence-corrected chi connectivity index (χ3v) is 5.90. The molecule has 0 atom stereocenters. The Morgan fingerprint density at radius 2 is 1.89 bits per heavy atom. The summed E-state index contributed by atoms with van der Waals surface area (Å²) in [6.45, 7) is -0.208. The Labute approximate surface area is 167 Å². The summed E-state index contributed by atoms with van der Waals surface area (Å²) in [6, 6.07) is 13.3. The molecule has 0 unspecified atom stereocenters. The van der Waals surface area contributed by atoms with Gasteiger partial charge in [-0.05, 0) is 23.4 Å². The van der Waals surface area contributed by atoms with Crippen molar-refractivity contribution in [2.45, 2.75) is 11.4 Å². The quantitative estimate of drug-likeness (QED) is 0.652. The fourth-order valence-corrected chi connectivity index (χ4v) is 3.40. The van der Waals surface area contributed by atoms with Gasteiger partial charge in [-0.25, -0.2) is 12.7 Å². The van der Waals surface area contributed by atoms with Crippen LogP contribution in [0.25, 0.3) is 11.4 Å². The molecule has 28 heavy (non-hydrogen) atoms. The predicted molar refractivity (Wildman–Crippen MR) is 104 cm³/mol. The molecule has 1 heterocycles. The number of rotatable bonds is 6. The average molecular weight is 421 g/mol. The van der Waals surface area contributed by atoms with Gasteiger partial charge in [0.1, 0.15) is 6.54 Å². The Kier molecular flexibility index (Phi) is 5.73. The van der Waals surface area contributed by atoms with Crippen molar-refractivity contribution in [1.82, 2.24) is 24.5 Å². The van der Waals surface area contributed by atoms with Crippen molar-refractivity contribution in [1.29, 1.82) is 0 Å². The van der Waals surface area contributed by atoms with Gasteiger partial charge < -0.3 is 5.32 Å². The molecule has 2 aromatic carbocycles. The lowest BCUT2D eigenvalue weighted by Crippen LogP contribution is -2.23. The van der Waals surface area contributed by atoms with E-state index in [4.69, 9.17) is 11.6 Å². The number of amides is 1. The van der Waals surface area contributed by atoms with E-state index in [0.29, 0.717) is 5.82 Å². The Bertz CT molecular complexity index is 1100. The summed E-state index contributed by atoms with van der Waals surface area (Å²) in [5.41, 5.74) is 0.955. The molecule has 0 aliphatic heterocycles. The second-order valence-electron chi connectivity index (χ2n) is 5.99. The van der Waals surface area contributed by atoms with E-state index >= 15 is 0 Å². The molecule has 0 spiro atoms. The average Bonchev–Trinajstić information content (AvgIpc) is 3.12. The molecule has 0 saturated carbocycles. The zero-order valence-electron chi connectivity index (χ0n) is 15.1. The van der Waals surface area contributed by atoms with Gasteiger partial charge >= 0.3 is 0 Å². The van der Waals surface area contributed by atoms with E-state index in [1.54, 1.807) is 0 Å². The van der Waals surface area contributed by atoms with Crippen molar-refractivity contribution in [2.75, 3.05) is 19.4 Å². The molecule has 0 bridgehead atoms. The van der Waals surface area contributed by atoms with Gasteiger partial charge in [-0.3, -0.25) is 4.79 Å². The zero-order valence-corrected chi connectivity index (χ0v) is 16.6. The van der Waals surface area contributed by atoms with Gasteiger partial charge in [-0.2, -0.15) is 4.80 Å². The number of nitrogens with one attached hydrogen (secondary N) is 1. The molecule has 3 rings (SSSR count). The van der Waals surface area contributed by atoms with Crippen LogP contribution in [0.5, 0.6) is 0 Å². The summed E-state index contributed by atoms with van der Waals surface area (Å²) in [4.78, 5) is 13.5. The van der Waals surface area contributed by atoms with E-state index in [1.165, 1.54) is 32.3 Å². The lowest BCUT2D eigenvalue weighted by atomic mass is 10.2. The lowest BCUT2D eigenvalue weighted by Gasteiger charge is -2.13. The second-order valence-corrected chi connectivity index (χ2v) is 8.55. The first-order chi connectivity index (χ1) is 13.3. The van der Waals surface area contributed by atoms with Gasteiger partial charge in [0.25, 0.3) is 0 Å². The molecule has 146 valence electrons. The summed E-state index contributed by atoms with van der Waals surface area (Å²) in [6.07, 6.45) is 0. The van der Waals surface area contributed by atoms with Gasteiger partial charge in [-0.1, -0.05) is 41.9 Å². The van der Waals surface area contributed by atoms with Gasteiger partial charge in [0.2, 0.25) is 21.8 Å². The molecule has 0 radical (unpaired) electrons. The van der Waals surface area contributed by atoms with Crippen LogP contribution in [0.1, 0.15) is 0 Å². The monoisotopic (exact) mass is 420 g/mol. The Morgan fingerprint density at radius 3 is 2.57 bits per heavy atom. The highest BCUT2D eigenvalue weighted by atomic mass is 35.5. The maximum Gasteiger partial charge on any atom is 0.248 e. The maximum atomic E-state index is 12.3. The van der Waals surface area contributed by atoms with E-state index in [1.807, 2.05) is 30.3 Å². The molecule has 11 heteroatoms. The van der Waals surface area contributed by atoms with Gasteiger partial charge in [0.05, 0.1) is 15.6 Å². The van der Waals surface area contributed by atoms with Gasteiger partial charge in [0.15, 0.2) is 0 Å². The number of benzene rings is 2. The van der Waals surface area contributed by atoms with Crippen LogP contribution in [-0.2, 0) is 21.4 Å². The third kappa shape index (κ3) is 4.35. The maximum absolute atomic E-state index is 12.3. The summed E-state index contributed by atoms with van der Waals surface area (Å²) >= 11 is 6.08. The van der Waals surface area contributed by atoms with E-state index < -0.39 is 15.9 Å². The minimum absolute atomic E-state index is 0.0162. The smallest absolute Gasteiger partial charge is 0.248 e. The highest BCUT2D eigenvalue weighted by molar-refractivity contribution is 7.89. The molecular weight excluding hydrogens is 404 g/mol. The first-order valence-electron chi connectivity index (χ1n) is 8.12. The molecule has 9 nitrogen and oxygen atoms in total. The van der Waals surface area contributed by atoms with Crippen molar-refractivity contribution in [3.05, 3.63) is 53.6 Å². The number of nitrogens with zero attached hydrogens (tertiary/aromatic N) is 5. The van der Waals surface area contributed by atoms with Crippen LogP contribution >= 0.6 is 11.6 Å². The summed E-state index contributed by atoms with van der Waals surface area (Å²) < 4.78 is 25.6. The molecule has 1 aromatic heterocycles. The second kappa shape index (κ2) is 8.05. The van der Waals surface area contributed by atoms with E-state index in [-0.39, 0.29) is 22.2 Å². The highest BCUT2D eigenvalue weighted by Crippen LogP contribution is 2.26. The van der Waals surface area contributed by atoms with Crippen LogP contribution in [0.3, 0.4) is 0 Å². The molecule has 3 aromatic rings. The minimum atomic E-state index is -3.65. The van der Waals surface area contributed by atoms with Crippen molar-refractivity contribution >= 4 is 33.2 Å². The van der Waals surface area contributed by atoms with Crippen molar-refractivity contribution in [2.24, 2.45) is 0 Å². The largest absolute Gasteiger partial charge is 0.323 e. The van der Waals surface area contributed by atoms with E-state index in [0.717, 1.165) is 14.7 Å². The third-order valence-electron chi connectivity index (χ3n) is 3.76. The fraction of sp³-hybridized carbons (Fsp3) is 0.176. The Balaban J connectivity index is 1.74. The van der Waals surface area contributed by atoms with Crippen LogP contribution in [0, 0.1) is 0 Å². The number of anilines is 1. The number of halogens is 1. The van der Waals surface area contributed by atoms with Crippen LogP contribution < -0.4 is 5.32 Å². The number of hydrogen-bond donors (Lipinski definition) is 1.